The number of nitriles is 1. The van der Waals surface area contributed by atoms with Crippen molar-refractivity contribution in [1.82, 2.24) is 0 Å². The Kier molecular flexibility index (Phi) is 4.39. The van der Waals surface area contributed by atoms with E-state index in [0.717, 1.165) is 0 Å². The molecular weight excluding hydrogens is 284 g/mol. The van der Waals surface area contributed by atoms with Gasteiger partial charge in [0.1, 0.15) is 0 Å². The van der Waals surface area contributed by atoms with Gasteiger partial charge in [-0.3, -0.25) is 10.1 Å². The fraction of sp³-hybridized carbons (Fsp3) is 0.0625. The lowest BCUT2D eigenvalue weighted by Gasteiger charge is -2.04. The zero-order valence-electron chi connectivity index (χ0n) is 11.7. The topological polar surface area (TPSA) is 96.4 Å². The van der Waals surface area contributed by atoms with Crippen LogP contribution in [0.1, 0.15) is 11.1 Å². The predicted octanol–water partition coefficient (Wildman–Crippen LogP) is 3.37. The van der Waals surface area contributed by atoms with Gasteiger partial charge in [0, 0.05) is 12.1 Å². The van der Waals surface area contributed by atoms with Crippen molar-refractivity contribution in [3.05, 3.63) is 63.7 Å². The quantitative estimate of drug-likeness (QED) is 0.404. The Morgan fingerprint density at radius 2 is 2.14 bits per heavy atom. The molecule has 0 aromatic heterocycles. The number of nitro benzene ring substituents is 1. The van der Waals surface area contributed by atoms with Crippen LogP contribution >= 0.6 is 0 Å². The Bertz CT molecular complexity index is 791. The van der Waals surface area contributed by atoms with Gasteiger partial charge in [0.05, 0.1) is 23.7 Å². The van der Waals surface area contributed by atoms with Crippen molar-refractivity contribution in [2.24, 2.45) is 0 Å². The van der Waals surface area contributed by atoms with Crippen LogP contribution in [0.15, 0.2) is 42.5 Å². The van der Waals surface area contributed by atoms with Crippen molar-refractivity contribution in [3.8, 4) is 17.6 Å². The molecule has 0 saturated heterocycles. The van der Waals surface area contributed by atoms with Crippen LogP contribution in [0.5, 0.6) is 11.5 Å². The van der Waals surface area contributed by atoms with Crippen molar-refractivity contribution in [3.63, 3.8) is 0 Å². The van der Waals surface area contributed by atoms with Gasteiger partial charge in [-0.2, -0.15) is 5.26 Å². The number of allylic oxidation sites excluding steroid dienone is 1. The Labute approximate surface area is 126 Å². The molecule has 0 atom stereocenters. The first-order valence-electron chi connectivity index (χ1n) is 6.29. The van der Waals surface area contributed by atoms with Crippen LogP contribution < -0.4 is 4.74 Å². The predicted molar refractivity (Wildman–Crippen MR) is 81.2 cm³/mol. The van der Waals surface area contributed by atoms with E-state index in [-0.39, 0.29) is 17.0 Å². The van der Waals surface area contributed by atoms with E-state index in [2.05, 4.69) is 0 Å². The molecule has 2 aromatic carbocycles. The Balaban J connectivity index is 2.44. The summed E-state index contributed by atoms with van der Waals surface area (Å²) in [5, 5.41) is 29.8. The molecule has 0 bridgehead atoms. The monoisotopic (exact) mass is 296 g/mol. The van der Waals surface area contributed by atoms with Crippen molar-refractivity contribution >= 4 is 17.3 Å². The molecule has 0 unspecified atom stereocenters. The summed E-state index contributed by atoms with van der Waals surface area (Å²) in [6.45, 7) is 0. The number of phenolic OH excluding ortho intramolecular Hbond substituents is 1. The lowest BCUT2D eigenvalue weighted by Crippen LogP contribution is -1.90. The summed E-state index contributed by atoms with van der Waals surface area (Å²) in [4.78, 5) is 10.3. The molecule has 0 fully saturated rings. The first-order valence-corrected chi connectivity index (χ1v) is 6.29. The molecule has 2 aromatic rings. The lowest BCUT2D eigenvalue weighted by molar-refractivity contribution is -0.384. The number of aromatic hydroxyl groups is 1. The molecule has 0 aliphatic carbocycles. The van der Waals surface area contributed by atoms with E-state index in [9.17, 15) is 20.5 Å². The molecule has 6 nitrogen and oxygen atoms in total. The summed E-state index contributed by atoms with van der Waals surface area (Å²) in [5.74, 6) is 0.276. The maximum Gasteiger partial charge on any atom is 0.270 e. The Morgan fingerprint density at radius 3 is 2.73 bits per heavy atom. The molecule has 6 heteroatoms. The number of hydrogen-bond acceptors (Lipinski definition) is 5. The maximum atomic E-state index is 10.8. The van der Waals surface area contributed by atoms with E-state index in [1.54, 1.807) is 18.2 Å². The van der Waals surface area contributed by atoms with Crippen molar-refractivity contribution in [1.29, 1.82) is 5.26 Å². The van der Waals surface area contributed by atoms with Crippen LogP contribution in [0.4, 0.5) is 5.69 Å². The van der Waals surface area contributed by atoms with E-state index in [4.69, 9.17) is 4.74 Å². The fourth-order valence-electron chi connectivity index (χ4n) is 1.93. The van der Waals surface area contributed by atoms with Gasteiger partial charge in [-0.1, -0.05) is 18.2 Å². The van der Waals surface area contributed by atoms with Crippen LogP contribution in [0.25, 0.3) is 11.6 Å². The number of non-ortho nitro benzene ring substituents is 1. The molecule has 0 aliphatic heterocycles. The highest BCUT2D eigenvalue weighted by Gasteiger charge is 2.09. The number of ether oxygens (including phenoxy) is 1. The summed E-state index contributed by atoms with van der Waals surface area (Å²) >= 11 is 0. The summed E-state index contributed by atoms with van der Waals surface area (Å²) in [6, 6.07) is 12.5. The molecule has 0 saturated carbocycles. The highest BCUT2D eigenvalue weighted by molar-refractivity contribution is 5.90. The smallest absolute Gasteiger partial charge is 0.270 e. The minimum Gasteiger partial charge on any atom is -0.504 e. The third-order valence-electron chi connectivity index (χ3n) is 3.00. The van der Waals surface area contributed by atoms with Crippen LogP contribution in [-0.2, 0) is 0 Å². The second kappa shape index (κ2) is 6.41. The average Bonchev–Trinajstić information content (AvgIpc) is 2.52. The molecule has 110 valence electrons. The van der Waals surface area contributed by atoms with Gasteiger partial charge in [-0.05, 0) is 29.3 Å². The van der Waals surface area contributed by atoms with E-state index in [1.807, 2.05) is 6.07 Å². The molecular formula is C16H12N2O4. The number of methoxy groups -OCH3 is 1. The highest BCUT2D eigenvalue weighted by atomic mass is 16.6. The number of phenols is 1. The molecule has 0 spiro atoms. The Morgan fingerprint density at radius 1 is 1.36 bits per heavy atom. The molecule has 0 aliphatic rings. The standard InChI is InChI=1S/C16H12N2O4/c1-22-16-6-5-11(8-15(16)19)7-13(10-17)12-3-2-4-14(9-12)18(20)21/h2-9,19H,1H3/b13-7-. The zero-order valence-corrected chi connectivity index (χ0v) is 11.7. The van der Waals surface area contributed by atoms with Gasteiger partial charge in [-0.25, -0.2) is 0 Å². The number of rotatable bonds is 4. The zero-order chi connectivity index (χ0) is 16.1. The first-order chi connectivity index (χ1) is 10.5. The molecule has 1 N–H and O–H groups in total. The molecule has 0 radical (unpaired) electrons. The minimum atomic E-state index is -0.516. The van der Waals surface area contributed by atoms with Gasteiger partial charge in [-0.15, -0.1) is 0 Å². The first kappa shape index (κ1) is 15.1. The fourth-order valence-corrected chi connectivity index (χ4v) is 1.93. The highest BCUT2D eigenvalue weighted by Crippen LogP contribution is 2.28. The van der Waals surface area contributed by atoms with E-state index in [1.165, 1.54) is 37.5 Å². The van der Waals surface area contributed by atoms with Gasteiger partial charge >= 0.3 is 0 Å². The SMILES string of the molecule is COc1ccc(/C=C(/C#N)c2cccc([N+](=O)[O-])c2)cc1O. The van der Waals surface area contributed by atoms with E-state index in [0.29, 0.717) is 16.9 Å². The van der Waals surface area contributed by atoms with E-state index >= 15 is 0 Å². The maximum absolute atomic E-state index is 10.8. The van der Waals surface area contributed by atoms with Crippen molar-refractivity contribution < 1.29 is 14.8 Å². The van der Waals surface area contributed by atoms with Gasteiger partial charge in [0.25, 0.3) is 5.69 Å². The number of benzene rings is 2. The van der Waals surface area contributed by atoms with Crippen LogP contribution in [0.2, 0.25) is 0 Å². The summed E-state index contributed by atoms with van der Waals surface area (Å²) in [7, 11) is 1.44. The number of nitrogens with zero attached hydrogens (tertiary/aromatic N) is 2. The van der Waals surface area contributed by atoms with Crippen LogP contribution in [0, 0.1) is 21.4 Å². The van der Waals surface area contributed by atoms with Crippen molar-refractivity contribution in [2.75, 3.05) is 7.11 Å². The molecule has 0 heterocycles. The van der Waals surface area contributed by atoms with Gasteiger partial charge in [0.15, 0.2) is 11.5 Å². The largest absolute Gasteiger partial charge is 0.504 e. The van der Waals surface area contributed by atoms with Crippen LogP contribution in [0.3, 0.4) is 0 Å². The molecule has 22 heavy (non-hydrogen) atoms. The van der Waals surface area contributed by atoms with Crippen molar-refractivity contribution in [2.45, 2.75) is 0 Å². The second-order valence-corrected chi connectivity index (χ2v) is 4.41. The van der Waals surface area contributed by atoms with E-state index < -0.39 is 4.92 Å². The molecule has 2 rings (SSSR count). The van der Waals surface area contributed by atoms with Crippen LogP contribution in [-0.4, -0.2) is 17.1 Å². The number of hydrogen-bond donors (Lipinski definition) is 1. The summed E-state index contributed by atoms with van der Waals surface area (Å²) in [6.07, 6.45) is 1.54. The third kappa shape index (κ3) is 3.22. The summed E-state index contributed by atoms with van der Waals surface area (Å²) < 4.78 is 4.95. The second-order valence-electron chi connectivity index (χ2n) is 4.41. The van der Waals surface area contributed by atoms with Gasteiger partial charge in [0.2, 0.25) is 0 Å². The van der Waals surface area contributed by atoms with Gasteiger partial charge < -0.3 is 9.84 Å². The Hall–Kier alpha value is -3.33. The molecule has 0 amide bonds. The minimum absolute atomic E-state index is 0.0485. The summed E-state index contributed by atoms with van der Waals surface area (Å²) in [5.41, 5.74) is 1.19. The normalized spacial score (nSPS) is 10.8. The lowest BCUT2D eigenvalue weighted by atomic mass is 10.0. The number of nitro groups is 1. The third-order valence-corrected chi connectivity index (χ3v) is 3.00. The average molecular weight is 296 g/mol.